The zero-order chi connectivity index (χ0) is 28.4. The maximum absolute atomic E-state index is 14.0. The summed E-state index contributed by atoms with van der Waals surface area (Å²) >= 11 is 0. The Morgan fingerprint density at radius 2 is 1.20 bits per heavy atom. The molecule has 1 aliphatic heterocycles. The minimum atomic E-state index is -1.00. The summed E-state index contributed by atoms with van der Waals surface area (Å²) in [5, 5.41) is 0. The van der Waals surface area contributed by atoms with Gasteiger partial charge in [-0.1, -0.05) is 84.4 Å². The summed E-state index contributed by atoms with van der Waals surface area (Å²) in [7, 11) is 0. The van der Waals surface area contributed by atoms with Crippen LogP contribution in [0.15, 0.2) is 97.1 Å². The van der Waals surface area contributed by atoms with Crippen molar-refractivity contribution in [3.05, 3.63) is 136 Å². The number of carbonyl (C=O) groups excluding carboxylic acids is 4. The zero-order valence-electron chi connectivity index (χ0n) is 22.6. The Kier molecular flexibility index (Phi) is 5.75. The maximum Gasteiger partial charge on any atom is 0.338 e. The van der Waals surface area contributed by atoms with Crippen molar-refractivity contribution in [1.29, 1.82) is 0 Å². The van der Waals surface area contributed by atoms with Crippen molar-refractivity contribution in [2.75, 3.05) is 4.90 Å². The lowest BCUT2D eigenvalue weighted by molar-refractivity contribution is -0.122. The van der Waals surface area contributed by atoms with Gasteiger partial charge >= 0.3 is 5.97 Å². The van der Waals surface area contributed by atoms with Gasteiger partial charge in [-0.25, -0.2) is 9.69 Å². The molecule has 4 aromatic rings. The molecule has 0 saturated carbocycles. The van der Waals surface area contributed by atoms with Gasteiger partial charge in [0.15, 0.2) is 6.10 Å². The van der Waals surface area contributed by atoms with Crippen molar-refractivity contribution in [2.45, 2.75) is 31.8 Å². The third kappa shape index (κ3) is 3.78. The predicted molar refractivity (Wildman–Crippen MR) is 153 cm³/mol. The standard InChI is InChI=1S/C35H27NO5/c1-19-14-16-21(17-15-19)32(37)20(2)41-35(40)22-8-7-9-23(18-22)36-33(38)30-28-24-10-3-4-11-25(24)29(31(30)34(36)39)27-13-6-5-12-26(27)28/h3-18,20,28-31H,1-2H3/t20-,28?,29?,30+,31+/m0/s1. The highest BCUT2D eigenvalue weighted by Crippen LogP contribution is 2.61. The topological polar surface area (TPSA) is 80.8 Å². The molecule has 0 unspecified atom stereocenters. The molecule has 202 valence electrons. The third-order valence-electron chi connectivity index (χ3n) is 8.78. The lowest BCUT2D eigenvalue weighted by Gasteiger charge is -2.45. The summed E-state index contributed by atoms with van der Waals surface area (Å²) in [5.74, 6) is -2.96. The molecule has 3 aliphatic carbocycles. The summed E-state index contributed by atoms with van der Waals surface area (Å²) in [4.78, 5) is 55.2. The first-order chi connectivity index (χ1) is 19.8. The molecule has 1 fully saturated rings. The fourth-order valence-electron chi connectivity index (χ4n) is 6.94. The molecule has 3 atom stereocenters. The van der Waals surface area contributed by atoms with Crippen molar-refractivity contribution in [2.24, 2.45) is 11.8 Å². The highest BCUT2D eigenvalue weighted by Gasteiger charge is 2.61. The highest BCUT2D eigenvalue weighted by molar-refractivity contribution is 6.23. The molecule has 0 N–H and O–H groups in total. The van der Waals surface area contributed by atoms with E-state index in [2.05, 4.69) is 24.3 Å². The number of rotatable bonds is 5. The van der Waals surface area contributed by atoms with Gasteiger partial charge in [0.25, 0.3) is 0 Å². The van der Waals surface area contributed by atoms with Gasteiger partial charge in [-0.15, -0.1) is 0 Å². The van der Waals surface area contributed by atoms with Gasteiger partial charge in [-0.3, -0.25) is 14.4 Å². The summed E-state index contributed by atoms with van der Waals surface area (Å²) in [6.45, 7) is 3.46. The number of esters is 1. The number of amides is 2. The molecule has 6 nitrogen and oxygen atoms in total. The lowest BCUT2D eigenvalue weighted by Crippen LogP contribution is -2.41. The van der Waals surface area contributed by atoms with E-state index in [0.717, 1.165) is 27.8 Å². The lowest BCUT2D eigenvalue weighted by atomic mass is 9.55. The van der Waals surface area contributed by atoms with Crippen LogP contribution in [0.3, 0.4) is 0 Å². The maximum atomic E-state index is 14.0. The van der Waals surface area contributed by atoms with Crippen molar-refractivity contribution >= 4 is 29.3 Å². The third-order valence-corrected chi connectivity index (χ3v) is 8.78. The summed E-state index contributed by atoms with van der Waals surface area (Å²) in [5.41, 5.74) is 6.38. The van der Waals surface area contributed by atoms with E-state index in [1.165, 1.54) is 17.9 Å². The van der Waals surface area contributed by atoms with Gasteiger partial charge in [0.2, 0.25) is 17.6 Å². The normalized spacial score (nSPS) is 22.5. The Hall–Kier alpha value is -4.84. The van der Waals surface area contributed by atoms with Crippen LogP contribution in [0.4, 0.5) is 5.69 Å². The number of imide groups is 1. The molecule has 41 heavy (non-hydrogen) atoms. The molecule has 4 aliphatic rings. The van der Waals surface area contributed by atoms with Crippen LogP contribution in [-0.4, -0.2) is 29.7 Å². The van der Waals surface area contributed by atoms with Crippen LogP contribution < -0.4 is 4.90 Å². The number of Topliss-reactive ketones (excluding diaryl/α,β-unsaturated/α-hetero) is 1. The van der Waals surface area contributed by atoms with Crippen molar-refractivity contribution in [1.82, 2.24) is 0 Å². The van der Waals surface area contributed by atoms with E-state index in [-0.39, 0.29) is 35.0 Å². The monoisotopic (exact) mass is 541 g/mol. The number of aryl methyl sites for hydroxylation is 1. The molecule has 0 spiro atoms. The molecule has 2 bridgehead atoms. The van der Waals surface area contributed by atoms with E-state index in [9.17, 15) is 19.2 Å². The Bertz CT molecular complexity index is 1640. The Labute approximate surface area is 237 Å². The number of ketones is 1. The van der Waals surface area contributed by atoms with Gasteiger partial charge < -0.3 is 4.74 Å². The van der Waals surface area contributed by atoms with Crippen molar-refractivity contribution < 1.29 is 23.9 Å². The van der Waals surface area contributed by atoms with Gasteiger partial charge in [-0.05, 0) is 54.3 Å². The molecule has 1 saturated heterocycles. The van der Waals surface area contributed by atoms with Gasteiger partial charge in [0.1, 0.15) is 0 Å². The van der Waals surface area contributed by atoms with Crippen LogP contribution in [0.2, 0.25) is 0 Å². The number of nitrogens with zero attached hydrogens (tertiary/aromatic N) is 1. The number of hydrogen-bond acceptors (Lipinski definition) is 5. The molecule has 0 radical (unpaired) electrons. The first-order valence-corrected chi connectivity index (χ1v) is 13.8. The second kappa shape index (κ2) is 9.37. The molecular formula is C35H27NO5. The van der Waals surface area contributed by atoms with Gasteiger partial charge in [0.05, 0.1) is 23.1 Å². The average Bonchev–Trinajstić information content (AvgIpc) is 3.27. The number of ether oxygens (including phenoxy) is 1. The SMILES string of the molecule is Cc1ccc(C(=O)[C@H](C)OC(=O)c2cccc(N3C(=O)[C@@H]4C5c6ccccc6C(c6ccccc65)[C@H]4C3=O)c2)cc1. The van der Waals surface area contributed by atoms with Crippen molar-refractivity contribution in [3.63, 3.8) is 0 Å². The number of anilines is 1. The van der Waals surface area contributed by atoms with E-state index >= 15 is 0 Å². The van der Waals surface area contributed by atoms with E-state index in [1.807, 2.05) is 43.3 Å². The Morgan fingerprint density at radius 1 is 0.683 bits per heavy atom. The van der Waals surface area contributed by atoms with Crippen LogP contribution >= 0.6 is 0 Å². The second-order valence-corrected chi connectivity index (χ2v) is 11.1. The summed E-state index contributed by atoms with van der Waals surface area (Å²) in [6.07, 6.45) is -1.00. The van der Waals surface area contributed by atoms with Crippen LogP contribution in [-0.2, 0) is 14.3 Å². The van der Waals surface area contributed by atoms with Gasteiger partial charge in [0, 0.05) is 17.4 Å². The van der Waals surface area contributed by atoms with E-state index < -0.39 is 23.9 Å². The van der Waals surface area contributed by atoms with Gasteiger partial charge in [-0.2, -0.15) is 0 Å². The van der Waals surface area contributed by atoms with Crippen LogP contribution in [0.5, 0.6) is 0 Å². The predicted octanol–water partition coefficient (Wildman–Crippen LogP) is 5.82. The summed E-state index contributed by atoms with van der Waals surface area (Å²) < 4.78 is 5.50. The molecule has 8 rings (SSSR count). The van der Waals surface area contributed by atoms with Crippen LogP contribution in [0, 0.1) is 18.8 Å². The zero-order valence-corrected chi connectivity index (χ0v) is 22.6. The number of benzene rings is 4. The van der Waals surface area contributed by atoms with E-state index in [4.69, 9.17) is 4.74 Å². The first kappa shape index (κ1) is 25.1. The van der Waals surface area contributed by atoms with E-state index in [1.54, 1.807) is 30.3 Å². The minimum Gasteiger partial charge on any atom is -0.451 e. The molecule has 4 aromatic carbocycles. The van der Waals surface area contributed by atoms with Crippen LogP contribution in [0.1, 0.15) is 67.3 Å². The molecule has 6 heteroatoms. The minimum absolute atomic E-state index is 0.163. The van der Waals surface area contributed by atoms with Crippen LogP contribution in [0.25, 0.3) is 0 Å². The largest absolute Gasteiger partial charge is 0.451 e. The fourth-order valence-corrected chi connectivity index (χ4v) is 6.94. The number of carbonyl (C=O) groups is 4. The molecule has 0 aromatic heterocycles. The smallest absolute Gasteiger partial charge is 0.338 e. The first-order valence-electron chi connectivity index (χ1n) is 13.8. The van der Waals surface area contributed by atoms with E-state index in [0.29, 0.717) is 11.3 Å². The summed E-state index contributed by atoms with van der Waals surface area (Å²) in [6, 6.07) is 29.6. The Balaban J connectivity index is 1.18. The molecular weight excluding hydrogens is 514 g/mol. The van der Waals surface area contributed by atoms with Crippen molar-refractivity contribution in [3.8, 4) is 0 Å². The highest BCUT2D eigenvalue weighted by atomic mass is 16.5. The Morgan fingerprint density at radius 3 is 1.71 bits per heavy atom. The quantitative estimate of drug-likeness (QED) is 0.181. The number of hydrogen-bond donors (Lipinski definition) is 0. The molecule has 2 amide bonds. The second-order valence-electron chi connectivity index (χ2n) is 11.1. The fraction of sp³-hybridized carbons (Fsp3) is 0.200. The molecule has 1 heterocycles. The average molecular weight is 542 g/mol.